The molecule has 0 spiro atoms. The molecule has 2 N–H and O–H groups in total. The summed E-state index contributed by atoms with van der Waals surface area (Å²) in [5, 5.41) is 13.4. The molecule has 9 nitrogen and oxygen atoms in total. The summed E-state index contributed by atoms with van der Waals surface area (Å²) >= 11 is 1.55. The van der Waals surface area contributed by atoms with Crippen LogP contribution in [-0.4, -0.2) is 39.5 Å². The Kier molecular flexibility index (Phi) is 3.81. The van der Waals surface area contributed by atoms with Gasteiger partial charge in [-0.1, -0.05) is 0 Å². The molecule has 6 heterocycles. The molecule has 0 saturated heterocycles. The summed E-state index contributed by atoms with van der Waals surface area (Å²) in [6.07, 6.45) is 5.33. The molecule has 0 amide bonds. The topological polar surface area (TPSA) is 110 Å². The molecule has 0 aliphatic rings. The van der Waals surface area contributed by atoms with Crippen molar-refractivity contribution in [3.63, 3.8) is 0 Å². The molecular weight excluding hydrogens is 419 g/mol. The predicted octanol–water partition coefficient (Wildman–Crippen LogP) is 2.72. The highest BCUT2D eigenvalue weighted by atomic mass is 32.1. The van der Waals surface area contributed by atoms with Crippen molar-refractivity contribution in [3.8, 4) is 0 Å². The molecule has 0 bridgehead atoms. The number of hydrogen-bond donors (Lipinski definition) is 2. The third-order valence-electron chi connectivity index (χ3n) is 5.33. The van der Waals surface area contributed by atoms with Gasteiger partial charge >= 0.3 is 0 Å². The van der Waals surface area contributed by atoms with Crippen LogP contribution < -0.4 is 5.56 Å². The number of rotatable bonds is 4. The third-order valence-corrected chi connectivity index (χ3v) is 6.41. The summed E-state index contributed by atoms with van der Waals surface area (Å²) in [4.78, 5) is 25.1. The molecular formula is C20H15FN8OS. The van der Waals surface area contributed by atoms with Gasteiger partial charge in [0, 0.05) is 36.9 Å². The van der Waals surface area contributed by atoms with Gasteiger partial charge in [-0.05, 0) is 18.2 Å². The van der Waals surface area contributed by atoms with E-state index < -0.39 is 0 Å². The van der Waals surface area contributed by atoms with Crippen LogP contribution >= 0.6 is 11.3 Å². The fourth-order valence-electron chi connectivity index (χ4n) is 3.82. The largest absolute Gasteiger partial charge is 0.343 e. The lowest BCUT2D eigenvalue weighted by Gasteiger charge is -2.05. The van der Waals surface area contributed by atoms with E-state index in [1.165, 1.54) is 10.9 Å². The van der Waals surface area contributed by atoms with Gasteiger partial charge in [0.1, 0.15) is 22.0 Å². The average molecular weight is 434 g/mol. The van der Waals surface area contributed by atoms with Crippen LogP contribution in [0, 0.1) is 5.82 Å². The summed E-state index contributed by atoms with van der Waals surface area (Å²) < 4.78 is 17.8. The molecule has 0 radical (unpaired) electrons. The van der Waals surface area contributed by atoms with E-state index in [1.807, 2.05) is 17.7 Å². The monoisotopic (exact) mass is 434 g/mol. The number of H-pyrrole nitrogens is 2. The first-order chi connectivity index (χ1) is 15.1. The number of hydrogen-bond acceptors (Lipinski definition) is 6. The van der Waals surface area contributed by atoms with Crippen LogP contribution in [-0.2, 0) is 20.0 Å². The summed E-state index contributed by atoms with van der Waals surface area (Å²) in [7, 11) is 1.84. The highest BCUT2D eigenvalue weighted by molar-refractivity contribution is 7.19. The Morgan fingerprint density at radius 2 is 2.10 bits per heavy atom. The van der Waals surface area contributed by atoms with Crippen LogP contribution in [0.5, 0.6) is 0 Å². The maximum absolute atomic E-state index is 13.6. The van der Waals surface area contributed by atoms with Gasteiger partial charge in [-0.15, -0.1) is 11.3 Å². The second kappa shape index (κ2) is 6.57. The van der Waals surface area contributed by atoms with Gasteiger partial charge in [-0.25, -0.2) is 19.0 Å². The van der Waals surface area contributed by atoms with E-state index in [0.717, 1.165) is 26.4 Å². The molecule has 0 aliphatic carbocycles. The molecule has 6 rings (SSSR count). The van der Waals surface area contributed by atoms with Crippen LogP contribution in [0.15, 0.2) is 41.6 Å². The number of halogens is 1. The Balaban J connectivity index is 1.41. The van der Waals surface area contributed by atoms with Crippen molar-refractivity contribution in [2.24, 2.45) is 7.05 Å². The molecule has 0 fully saturated rings. The van der Waals surface area contributed by atoms with Crippen molar-refractivity contribution in [2.75, 3.05) is 0 Å². The second-order valence-corrected chi connectivity index (χ2v) is 8.37. The van der Waals surface area contributed by atoms with E-state index in [4.69, 9.17) is 4.98 Å². The number of aromatic nitrogens is 8. The number of aryl methyl sites for hydroxylation is 1. The van der Waals surface area contributed by atoms with Gasteiger partial charge in [0.25, 0.3) is 5.56 Å². The third kappa shape index (κ3) is 2.77. The van der Waals surface area contributed by atoms with E-state index >= 15 is 0 Å². The van der Waals surface area contributed by atoms with Crippen LogP contribution in [0.4, 0.5) is 4.39 Å². The maximum atomic E-state index is 13.6. The Morgan fingerprint density at radius 1 is 1.19 bits per heavy atom. The standard InChI is InChI=1S/C20H15FN8OS/c1-28-16-13(17-19(28)26-15(31-17)6-10-4-5-23-27-10)7-24-29(20(16)30)9-11-2-3-12-14(21)8-22-18(12)25-11/h2-5,7-8H,6,9H2,1H3,(H,22,25)(H,23,27). The summed E-state index contributed by atoms with van der Waals surface area (Å²) in [6, 6.07) is 5.26. The molecule has 6 aromatic heterocycles. The minimum atomic E-state index is -0.353. The van der Waals surface area contributed by atoms with E-state index in [1.54, 1.807) is 35.9 Å². The molecule has 0 aliphatic heterocycles. The summed E-state index contributed by atoms with van der Waals surface area (Å²) in [5.41, 5.74) is 3.11. The van der Waals surface area contributed by atoms with E-state index in [-0.39, 0.29) is 17.9 Å². The molecule has 0 aromatic carbocycles. The number of aromatic amines is 2. The lowest BCUT2D eigenvalue weighted by molar-refractivity contribution is 0.633. The number of thiazole rings is 1. The Morgan fingerprint density at radius 3 is 2.94 bits per heavy atom. The van der Waals surface area contributed by atoms with Crippen LogP contribution in [0.2, 0.25) is 0 Å². The summed E-state index contributed by atoms with van der Waals surface area (Å²) in [5.74, 6) is -0.353. The Hall–Kier alpha value is -3.86. The van der Waals surface area contributed by atoms with E-state index in [2.05, 4.69) is 25.3 Å². The fourth-order valence-corrected chi connectivity index (χ4v) is 4.95. The number of nitrogens with zero attached hydrogens (tertiary/aromatic N) is 6. The molecule has 0 atom stereocenters. The van der Waals surface area contributed by atoms with Crippen molar-refractivity contribution >= 4 is 43.6 Å². The number of pyridine rings is 1. The molecule has 6 aromatic rings. The van der Waals surface area contributed by atoms with Crippen LogP contribution in [0.3, 0.4) is 0 Å². The van der Waals surface area contributed by atoms with Crippen molar-refractivity contribution < 1.29 is 4.39 Å². The predicted molar refractivity (Wildman–Crippen MR) is 115 cm³/mol. The fraction of sp³-hybridized carbons (Fsp3) is 0.150. The Labute approximate surface area is 177 Å². The highest BCUT2D eigenvalue weighted by Crippen LogP contribution is 2.31. The zero-order valence-corrected chi connectivity index (χ0v) is 17.1. The maximum Gasteiger partial charge on any atom is 0.291 e. The zero-order chi connectivity index (χ0) is 21.1. The zero-order valence-electron chi connectivity index (χ0n) is 16.3. The van der Waals surface area contributed by atoms with E-state index in [0.29, 0.717) is 28.7 Å². The smallest absolute Gasteiger partial charge is 0.291 e. The highest BCUT2D eigenvalue weighted by Gasteiger charge is 2.19. The van der Waals surface area contributed by atoms with Gasteiger partial charge in [0.05, 0.1) is 28.5 Å². The van der Waals surface area contributed by atoms with Crippen molar-refractivity contribution in [1.29, 1.82) is 0 Å². The van der Waals surface area contributed by atoms with Crippen molar-refractivity contribution in [1.82, 2.24) is 39.5 Å². The normalized spacial score (nSPS) is 11.9. The van der Waals surface area contributed by atoms with Crippen molar-refractivity contribution in [3.05, 3.63) is 69.4 Å². The van der Waals surface area contributed by atoms with Crippen LogP contribution in [0.1, 0.15) is 16.4 Å². The molecule has 154 valence electrons. The molecule has 0 saturated carbocycles. The van der Waals surface area contributed by atoms with Gasteiger partial charge in [-0.3, -0.25) is 9.89 Å². The lowest BCUT2D eigenvalue weighted by Crippen LogP contribution is -2.25. The van der Waals surface area contributed by atoms with Gasteiger partial charge in [0.2, 0.25) is 0 Å². The quantitative estimate of drug-likeness (QED) is 0.443. The van der Waals surface area contributed by atoms with Crippen molar-refractivity contribution in [2.45, 2.75) is 13.0 Å². The first-order valence-corrected chi connectivity index (χ1v) is 10.3. The first-order valence-electron chi connectivity index (χ1n) is 9.53. The molecule has 0 unspecified atom stereocenters. The first kappa shape index (κ1) is 18.0. The van der Waals surface area contributed by atoms with Gasteiger partial charge in [-0.2, -0.15) is 10.2 Å². The van der Waals surface area contributed by atoms with Crippen LogP contribution in [0.25, 0.3) is 32.3 Å². The molecule has 11 heteroatoms. The summed E-state index contributed by atoms with van der Waals surface area (Å²) in [6.45, 7) is 0.183. The molecule has 31 heavy (non-hydrogen) atoms. The van der Waals surface area contributed by atoms with E-state index in [9.17, 15) is 9.18 Å². The Bertz CT molecular complexity index is 1640. The lowest BCUT2D eigenvalue weighted by atomic mass is 10.3. The number of fused-ring (bicyclic) bond motifs is 4. The minimum absolute atomic E-state index is 0.183. The number of nitrogens with one attached hydrogen (secondary N) is 2. The van der Waals surface area contributed by atoms with Gasteiger partial charge in [0.15, 0.2) is 5.65 Å². The average Bonchev–Trinajstić information content (AvgIpc) is 3.53. The van der Waals surface area contributed by atoms with Gasteiger partial charge < -0.3 is 9.55 Å². The second-order valence-electron chi connectivity index (χ2n) is 7.28. The SMILES string of the molecule is Cn1c2nc(Cc3ccn[nH]3)sc2c2cnn(Cc3ccc4c(F)c[nH]c4n3)c(=O)c21. The minimum Gasteiger partial charge on any atom is -0.343 e.